The molecule has 0 atom stereocenters. The highest BCUT2D eigenvalue weighted by atomic mass is 79.9. The van der Waals surface area contributed by atoms with Gasteiger partial charge in [-0.3, -0.25) is 4.57 Å². The van der Waals surface area contributed by atoms with E-state index in [1.807, 2.05) is 19.1 Å². The van der Waals surface area contributed by atoms with E-state index < -0.39 is 0 Å². The van der Waals surface area contributed by atoms with Crippen molar-refractivity contribution >= 4 is 21.9 Å². The molecule has 0 aliphatic heterocycles. The first kappa shape index (κ1) is 10.8. The molecule has 1 heterocycles. The Bertz CT molecular complexity index is 543. The zero-order chi connectivity index (χ0) is 11.8. The van der Waals surface area contributed by atoms with Crippen LogP contribution in [-0.4, -0.2) is 15.6 Å². The van der Waals surface area contributed by atoms with Gasteiger partial charge in [-0.05, 0) is 38.0 Å². The lowest BCUT2D eigenvalue weighted by atomic mass is 10.3. The van der Waals surface area contributed by atoms with E-state index in [1.165, 1.54) is 12.8 Å². The number of benzene rings is 1. The Morgan fingerprint density at radius 2 is 2.24 bits per heavy atom. The van der Waals surface area contributed by atoms with Crippen LogP contribution in [0.5, 0.6) is 0 Å². The average Bonchev–Trinajstić information content (AvgIpc) is 3.01. The minimum absolute atomic E-state index is 0.614. The number of halogens is 1. The molecule has 1 N–H and O–H groups in total. The van der Waals surface area contributed by atoms with E-state index in [0.717, 1.165) is 21.8 Å². The van der Waals surface area contributed by atoms with Crippen molar-refractivity contribution in [2.24, 2.45) is 0 Å². The maximum atomic E-state index is 4.53. The van der Waals surface area contributed by atoms with Crippen LogP contribution in [0.25, 0.3) is 5.69 Å². The molecule has 0 radical (unpaired) electrons. The quantitative estimate of drug-likeness (QED) is 0.938. The minimum Gasteiger partial charge on any atom is -0.353 e. The summed E-state index contributed by atoms with van der Waals surface area (Å²) in [7, 11) is 0. The Labute approximate surface area is 109 Å². The number of rotatable bonds is 3. The lowest BCUT2D eigenvalue weighted by Gasteiger charge is -2.09. The maximum absolute atomic E-state index is 4.53. The van der Waals surface area contributed by atoms with Gasteiger partial charge in [-0.2, -0.15) is 0 Å². The highest BCUT2D eigenvalue weighted by molar-refractivity contribution is 9.10. The lowest BCUT2D eigenvalue weighted by Crippen LogP contribution is -2.07. The van der Waals surface area contributed by atoms with Crippen LogP contribution >= 0.6 is 15.9 Å². The van der Waals surface area contributed by atoms with Crippen molar-refractivity contribution < 1.29 is 0 Å². The summed E-state index contributed by atoms with van der Waals surface area (Å²) in [6.45, 7) is 2.02. The molecule has 1 fully saturated rings. The summed E-state index contributed by atoms with van der Waals surface area (Å²) in [4.78, 5) is 4.53. The van der Waals surface area contributed by atoms with Crippen molar-refractivity contribution in [3.8, 4) is 5.69 Å². The van der Waals surface area contributed by atoms with E-state index in [2.05, 4.69) is 49.1 Å². The number of aryl methyl sites for hydroxylation is 1. The second kappa shape index (κ2) is 4.18. The molecule has 1 aliphatic carbocycles. The van der Waals surface area contributed by atoms with Gasteiger partial charge >= 0.3 is 0 Å². The maximum Gasteiger partial charge on any atom is 0.207 e. The van der Waals surface area contributed by atoms with Gasteiger partial charge in [0, 0.05) is 22.4 Å². The summed E-state index contributed by atoms with van der Waals surface area (Å²) in [5, 5.41) is 3.46. The topological polar surface area (TPSA) is 29.9 Å². The van der Waals surface area contributed by atoms with Gasteiger partial charge in [-0.15, -0.1) is 0 Å². The Morgan fingerprint density at radius 1 is 1.41 bits per heavy atom. The second-order valence-electron chi connectivity index (χ2n) is 4.47. The number of aromatic nitrogens is 2. The molecule has 0 spiro atoms. The molecule has 88 valence electrons. The standard InChI is InChI=1S/C13H14BrN3/c1-9-8-17(12-4-2-3-10(14)7-12)13(15-9)16-11-5-6-11/h2-4,7-8,11H,5-6H2,1H3,(H,15,16). The highest BCUT2D eigenvalue weighted by Gasteiger charge is 2.23. The van der Waals surface area contributed by atoms with Crippen LogP contribution in [0.3, 0.4) is 0 Å². The van der Waals surface area contributed by atoms with Gasteiger partial charge in [0.2, 0.25) is 5.95 Å². The Balaban J connectivity index is 2.00. The summed E-state index contributed by atoms with van der Waals surface area (Å²) < 4.78 is 3.19. The number of hydrogen-bond donors (Lipinski definition) is 1. The zero-order valence-corrected chi connectivity index (χ0v) is 11.2. The van der Waals surface area contributed by atoms with Crippen LogP contribution in [0, 0.1) is 6.92 Å². The smallest absolute Gasteiger partial charge is 0.207 e. The van der Waals surface area contributed by atoms with E-state index in [9.17, 15) is 0 Å². The molecule has 1 aliphatic rings. The number of imidazole rings is 1. The summed E-state index contributed by atoms with van der Waals surface area (Å²) in [5.41, 5.74) is 2.16. The van der Waals surface area contributed by atoms with Gasteiger partial charge < -0.3 is 5.32 Å². The molecule has 0 bridgehead atoms. The molecule has 1 aromatic heterocycles. The summed E-state index contributed by atoms with van der Waals surface area (Å²) in [5.74, 6) is 0.947. The third-order valence-electron chi connectivity index (χ3n) is 2.82. The predicted molar refractivity (Wildman–Crippen MR) is 72.6 cm³/mol. The van der Waals surface area contributed by atoms with E-state index in [1.54, 1.807) is 0 Å². The molecule has 17 heavy (non-hydrogen) atoms. The van der Waals surface area contributed by atoms with Crippen LogP contribution < -0.4 is 5.32 Å². The Hall–Kier alpha value is -1.29. The van der Waals surface area contributed by atoms with E-state index >= 15 is 0 Å². The first-order valence-corrected chi connectivity index (χ1v) is 6.60. The second-order valence-corrected chi connectivity index (χ2v) is 5.39. The van der Waals surface area contributed by atoms with Crippen molar-refractivity contribution in [1.82, 2.24) is 9.55 Å². The normalized spacial score (nSPS) is 14.9. The summed E-state index contributed by atoms with van der Waals surface area (Å²) >= 11 is 3.50. The van der Waals surface area contributed by atoms with Gasteiger partial charge in [0.25, 0.3) is 0 Å². The molecule has 1 aromatic carbocycles. The molecule has 1 saturated carbocycles. The molecule has 0 saturated heterocycles. The van der Waals surface area contributed by atoms with Crippen molar-refractivity contribution in [1.29, 1.82) is 0 Å². The van der Waals surface area contributed by atoms with Gasteiger partial charge in [0.1, 0.15) is 0 Å². The molecular weight excluding hydrogens is 278 g/mol. The number of nitrogens with one attached hydrogen (secondary N) is 1. The molecule has 3 rings (SSSR count). The molecule has 3 nitrogen and oxygen atoms in total. The monoisotopic (exact) mass is 291 g/mol. The lowest BCUT2D eigenvalue weighted by molar-refractivity contribution is 1.00. The molecule has 0 amide bonds. The predicted octanol–water partition coefficient (Wildman–Crippen LogP) is 3.52. The van der Waals surface area contributed by atoms with E-state index in [-0.39, 0.29) is 0 Å². The SMILES string of the molecule is Cc1cn(-c2cccc(Br)c2)c(NC2CC2)n1. The fourth-order valence-electron chi connectivity index (χ4n) is 1.83. The van der Waals surface area contributed by atoms with Gasteiger partial charge in [-0.25, -0.2) is 4.98 Å². The van der Waals surface area contributed by atoms with Crippen molar-refractivity contribution in [3.63, 3.8) is 0 Å². The highest BCUT2D eigenvalue weighted by Crippen LogP contribution is 2.26. The van der Waals surface area contributed by atoms with Gasteiger partial charge in [0.05, 0.1) is 5.69 Å². The number of hydrogen-bond acceptors (Lipinski definition) is 2. The van der Waals surface area contributed by atoms with Crippen molar-refractivity contribution in [3.05, 3.63) is 40.6 Å². The summed E-state index contributed by atoms with van der Waals surface area (Å²) in [6, 6.07) is 8.86. The van der Waals surface area contributed by atoms with Crippen LogP contribution in [0.2, 0.25) is 0 Å². The van der Waals surface area contributed by atoms with Gasteiger partial charge in [0.15, 0.2) is 0 Å². The Kier molecular flexibility index (Phi) is 2.67. The minimum atomic E-state index is 0.614. The average molecular weight is 292 g/mol. The first-order valence-electron chi connectivity index (χ1n) is 5.81. The molecule has 4 heteroatoms. The van der Waals surface area contributed by atoms with Gasteiger partial charge in [-0.1, -0.05) is 22.0 Å². The molecular formula is C13H14BrN3. The fraction of sp³-hybridized carbons (Fsp3) is 0.308. The zero-order valence-electron chi connectivity index (χ0n) is 9.65. The third-order valence-corrected chi connectivity index (χ3v) is 3.32. The van der Waals surface area contributed by atoms with E-state index in [4.69, 9.17) is 0 Å². The van der Waals surface area contributed by atoms with Crippen LogP contribution in [0.1, 0.15) is 18.5 Å². The summed E-state index contributed by atoms with van der Waals surface area (Å²) in [6.07, 6.45) is 4.57. The van der Waals surface area contributed by atoms with Crippen molar-refractivity contribution in [2.45, 2.75) is 25.8 Å². The Morgan fingerprint density at radius 3 is 2.94 bits per heavy atom. The fourth-order valence-corrected chi connectivity index (χ4v) is 2.22. The number of nitrogens with zero attached hydrogens (tertiary/aromatic N) is 2. The molecule has 2 aromatic rings. The van der Waals surface area contributed by atoms with Crippen LogP contribution in [-0.2, 0) is 0 Å². The van der Waals surface area contributed by atoms with Crippen LogP contribution in [0.4, 0.5) is 5.95 Å². The first-order chi connectivity index (χ1) is 8.22. The van der Waals surface area contributed by atoms with Crippen molar-refractivity contribution in [2.75, 3.05) is 5.32 Å². The van der Waals surface area contributed by atoms with Crippen LogP contribution in [0.15, 0.2) is 34.9 Å². The number of anilines is 1. The largest absolute Gasteiger partial charge is 0.353 e. The molecule has 0 unspecified atom stereocenters. The van der Waals surface area contributed by atoms with E-state index in [0.29, 0.717) is 6.04 Å². The third kappa shape index (κ3) is 2.36.